The number of carbonyl (C=O) groups is 1. The zero-order valence-electron chi connectivity index (χ0n) is 15.4. The number of H-pyrrole nitrogens is 1. The van der Waals surface area contributed by atoms with E-state index in [0.29, 0.717) is 13.2 Å². The minimum Gasteiger partial charge on any atom is -0.376 e. The third kappa shape index (κ3) is 3.35. The summed E-state index contributed by atoms with van der Waals surface area (Å²) < 4.78 is 6.62. The summed E-state index contributed by atoms with van der Waals surface area (Å²) in [5.74, 6) is -0.373. The number of benzene rings is 1. The van der Waals surface area contributed by atoms with Crippen LogP contribution in [0.25, 0.3) is 0 Å². The van der Waals surface area contributed by atoms with Gasteiger partial charge in [-0.1, -0.05) is 17.7 Å². The maximum absolute atomic E-state index is 13.1. The van der Waals surface area contributed by atoms with Crippen LogP contribution in [0.4, 0.5) is 5.69 Å². The Bertz CT molecular complexity index is 985. The molecule has 1 atom stereocenters. The van der Waals surface area contributed by atoms with Crippen LogP contribution in [-0.4, -0.2) is 34.7 Å². The van der Waals surface area contributed by atoms with Gasteiger partial charge in [-0.05, 0) is 44.2 Å². The zero-order chi connectivity index (χ0) is 19.0. The second-order valence-corrected chi connectivity index (χ2v) is 7.25. The highest BCUT2D eigenvalue weighted by Gasteiger charge is 2.27. The molecule has 7 nitrogen and oxygen atoms in total. The van der Waals surface area contributed by atoms with Crippen molar-refractivity contribution in [3.63, 3.8) is 0 Å². The highest BCUT2D eigenvalue weighted by Crippen LogP contribution is 2.28. The molecule has 2 aliphatic heterocycles. The van der Waals surface area contributed by atoms with Gasteiger partial charge in [-0.25, -0.2) is 4.79 Å². The Morgan fingerprint density at radius 1 is 1.30 bits per heavy atom. The highest BCUT2D eigenvalue weighted by molar-refractivity contribution is 6.06. The lowest BCUT2D eigenvalue weighted by Gasteiger charge is -2.29. The van der Waals surface area contributed by atoms with Crippen molar-refractivity contribution in [1.29, 1.82) is 0 Å². The lowest BCUT2D eigenvalue weighted by Crippen LogP contribution is -2.44. The molecule has 1 amide bonds. The summed E-state index contributed by atoms with van der Waals surface area (Å²) in [5, 5.41) is 0. The van der Waals surface area contributed by atoms with E-state index in [2.05, 4.69) is 11.1 Å². The monoisotopic (exact) mass is 369 g/mol. The van der Waals surface area contributed by atoms with Crippen LogP contribution in [0.2, 0.25) is 0 Å². The summed E-state index contributed by atoms with van der Waals surface area (Å²) in [6.07, 6.45) is 4.56. The lowest BCUT2D eigenvalue weighted by atomic mass is 9.99. The van der Waals surface area contributed by atoms with E-state index in [4.69, 9.17) is 4.74 Å². The molecule has 142 valence electrons. The molecule has 0 aliphatic carbocycles. The third-order valence-electron chi connectivity index (χ3n) is 5.30. The number of ether oxygens (including phenoxy) is 1. The molecule has 2 aliphatic rings. The van der Waals surface area contributed by atoms with Gasteiger partial charge in [-0.15, -0.1) is 0 Å². The molecule has 1 unspecified atom stereocenters. The Morgan fingerprint density at radius 2 is 2.15 bits per heavy atom. The number of amides is 1. The van der Waals surface area contributed by atoms with Crippen molar-refractivity contribution in [1.82, 2.24) is 9.55 Å². The van der Waals surface area contributed by atoms with Crippen LogP contribution in [0, 0.1) is 6.92 Å². The molecule has 4 rings (SSSR count). The van der Waals surface area contributed by atoms with Gasteiger partial charge in [0.1, 0.15) is 5.56 Å². The number of anilines is 1. The third-order valence-corrected chi connectivity index (χ3v) is 5.30. The molecular weight excluding hydrogens is 346 g/mol. The zero-order valence-corrected chi connectivity index (χ0v) is 15.4. The van der Waals surface area contributed by atoms with Gasteiger partial charge in [0.2, 0.25) is 0 Å². The van der Waals surface area contributed by atoms with Crippen LogP contribution >= 0.6 is 0 Å². The predicted octanol–water partition coefficient (Wildman–Crippen LogP) is 1.62. The molecular formula is C20H23N3O4. The first-order chi connectivity index (χ1) is 13.0. The molecule has 1 saturated heterocycles. The number of aryl methyl sites for hydroxylation is 2. The molecule has 1 fully saturated rings. The SMILES string of the molecule is Cc1ccc2c(c1)CCCN2C(=O)c1c[nH]c(=O)n(CC2CCCO2)c1=O. The number of nitrogens with zero attached hydrogens (tertiary/aromatic N) is 2. The molecule has 27 heavy (non-hydrogen) atoms. The Balaban J connectivity index is 1.69. The van der Waals surface area contributed by atoms with E-state index in [-0.39, 0.29) is 24.1 Å². The van der Waals surface area contributed by atoms with E-state index in [1.54, 1.807) is 4.90 Å². The van der Waals surface area contributed by atoms with Crippen molar-refractivity contribution in [3.8, 4) is 0 Å². The van der Waals surface area contributed by atoms with Crippen LogP contribution in [0.3, 0.4) is 0 Å². The van der Waals surface area contributed by atoms with E-state index in [0.717, 1.165) is 47.1 Å². The molecule has 1 aromatic carbocycles. The van der Waals surface area contributed by atoms with Gasteiger partial charge in [0.15, 0.2) is 0 Å². The first kappa shape index (κ1) is 17.7. The fourth-order valence-electron chi connectivity index (χ4n) is 3.90. The van der Waals surface area contributed by atoms with Crippen LogP contribution in [-0.2, 0) is 17.7 Å². The van der Waals surface area contributed by atoms with Gasteiger partial charge in [0, 0.05) is 25.0 Å². The summed E-state index contributed by atoms with van der Waals surface area (Å²) in [6, 6.07) is 5.97. The van der Waals surface area contributed by atoms with E-state index >= 15 is 0 Å². The summed E-state index contributed by atoms with van der Waals surface area (Å²) in [5.41, 5.74) is 2.01. The van der Waals surface area contributed by atoms with Crippen molar-refractivity contribution < 1.29 is 9.53 Å². The summed E-state index contributed by atoms with van der Waals surface area (Å²) >= 11 is 0. The Morgan fingerprint density at radius 3 is 2.93 bits per heavy atom. The topological polar surface area (TPSA) is 84.4 Å². The van der Waals surface area contributed by atoms with E-state index in [9.17, 15) is 14.4 Å². The highest BCUT2D eigenvalue weighted by atomic mass is 16.5. The second-order valence-electron chi connectivity index (χ2n) is 7.25. The molecule has 3 heterocycles. The minimum absolute atomic E-state index is 0.0129. The molecule has 0 saturated carbocycles. The Kier molecular flexibility index (Phi) is 4.70. The fourth-order valence-corrected chi connectivity index (χ4v) is 3.90. The number of aromatic nitrogens is 2. The number of carbonyl (C=O) groups excluding carboxylic acids is 1. The molecule has 1 aromatic heterocycles. The molecule has 0 spiro atoms. The smallest absolute Gasteiger partial charge is 0.328 e. The average molecular weight is 369 g/mol. The van der Waals surface area contributed by atoms with Gasteiger partial charge < -0.3 is 14.6 Å². The molecule has 2 aromatic rings. The van der Waals surface area contributed by atoms with Crippen molar-refractivity contribution in [2.24, 2.45) is 0 Å². The van der Waals surface area contributed by atoms with Crippen LogP contribution in [0.1, 0.15) is 40.7 Å². The first-order valence-corrected chi connectivity index (χ1v) is 9.40. The van der Waals surface area contributed by atoms with Gasteiger partial charge in [0.25, 0.3) is 11.5 Å². The fraction of sp³-hybridized carbons (Fsp3) is 0.450. The summed E-state index contributed by atoms with van der Waals surface area (Å²) in [6.45, 7) is 3.39. The first-order valence-electron chi connectivity index (χ1n) is 9.40. The van der Waals surface area contributed by atoms with Crippen molar-refractivity contribution in [3.05, 3.63) is 61.9 Å². The van der Waals surface area contributed by atoms with Gasteiger partial charge >= 0.3 is 5.69 Å². The largest absolute Gasteiger partial charge is 0.376 e. The maximum atomic E-state index is 13.1. The summed E-state index contributed by atoms with van der Waals surface area (Å²) in [4.78, 5) is 42.3. The maximum Gasteiger partial charge on any atom is 0.328 e. The van der Waals surface area contributed by atoms with Gasteiger partial charge in [0.05, 0.1) is 12.6 Å². The van der Waals surface area contributed by atoms with Crippen LogP contribution in [0.5, 0.6) is 0 Å². The quantitative estimate of drug-likeness (QED) is 0.891. The molecule has 1 N–H and O–H groups in total. The Labute approximate surface area is 156 Å². The molecule has 0 bridgehead atoms. The minimum atomic E-state index is -0.557. The van der Waals surface area contributed by atoms with E-state index in [1.165, 1.54) is 6.20 Å². The number of aromatic amines is 1. The average Bonchev–Trinajstić information content (AvgIpc) is 3.17. The Hall–Kier alpha value is -2.67. The van der Waals surface area contributed by atoms with Crippen LogP contribution < -0.4 is 16.1 Å². The molecule has 0 radical (unpaired) electrons. The predicted molar refractivity (Wildman–Crippen MR) is 101 cm³/mol. The normalized spacial score (nSPS) is 19.1. The number of fused-ring (bicyclic) bond motifs is 1. The number of hydrogen-bond donors (Lipinski definition) is 1. The number of nitrogens with one attached hydrogen (secondary N) is 1. The number of hydrogen-bond acceptors (Lipinski definition) is 4. The van der Waals surface area contributed by atoms with Crippen molar-refractivity contribution in [2.75, 3.05) is 18.1 Å². The second kappa shape index (κ2) is 7.15. The standard InChI is InChI=1S/C20H23N3O4/c1-13-6-7-17-14(10-13)4-2-8-22(17)18(24)16-11-21-20(26)23(19(16)25)12-15-5-3-9-27-15/h6-7,10-11,15H,2-5,8-9,12H2,1H3,(H,21,26). The lowest BCUT2D eigenvalue weighted by molar-refractivity contribution is 0.0935. The van der Waals surface area contributed by atoms with Gasteiger partial charge in [-0.2, -0.15) is 0 Å². The van der Waals surface area contributed by atoms with Gasteiger partial charge in [-0.3, -0.25) is 14.2 Å². The van der Waals surface area contributed by atoms with E-state index < -0.39 is 11.2 Å². The molecule has 7 heteroatoms. The van der Waals surface area contributed by atoms with E-state index in [1.807, 2.05) is 19.1 Å². The van der Waals surface area contributed by atoms with Crippen molar-refractivity contribution >= 4 is 11.6 Å². The number of rotatable bonds is 3. The van der Waals surface area contributed by atoms with Crippen molar-refractivity contribution in [2.45, 2.75) is 45.3 Å². The van der Waals surface area contributed by atoms with Crippen LogP contribution in [0.15, 0.2) is 34.0 Å². The summed E-state index contributed by atoms with van der Waals surface area (Å²) in [7, 11) is 0.